The number of nitrogens with two attached hydrogens (primary N) is 4. The van der Waals surface area contributed by atoms with Gasteiger partial charge in [-0.3, -0.25) is 0 Å². The summed E-state index contributed by atoms with van der Waals surface area (Å²) in [4.78, 5) is 21.6. The number of rotatable bonds is 10. The molecule has 0 amide bonds. The topological polar surface area (TPSA) is 160 Å². The number of nitrogens with zero attached hydrogens (tertiary/aromatic N) is 6. The minimum atomic E-state index is 0.0689. The molecule has 3 aromatic carbocycles. The molecule has 48 heavy (non-hydrogen) atoms. The molecule has 0 aliphatic rings. The van der Waals surface area contributed by atoms with Crippen LogP contribution in [0.1, 0.15) is 65.5 Å². The molecular formula is C36H50Cl2N10. The second-order valence-corrected chi connectivity index (χ2v) is 15.0. The maximum atomic E-state index is 6.50. The standard InChI is InChI=1S/C36H50Cl2N10/c1-35(2,3)19-21-47(33(41)45-31(39)43-29-15-11-27(37)12-16-29)23-25-7-9-26(10-8-25)24-48(22-20-36(4,5)6)34(42)46-32(40)44-30-17-13-28(38)14-18-30/h7-18H,19-24H2,1-6H3,(H4,39,41,43,45)(H4,40,42,44,46). The van der Waals surface area contributed by atoms with Gasteiger partial charge in [-0.1, -0.05) is 89.0 Å². The predicted molar refractivity (Wildman–Crippen MR) is 204 cm³/mol. The van der Waals surface area contributed by atoms with Gasteiger partial charge in [0.1, 0.15) is 0 Å². The summed E-state index contributed by atoms with van der Waals surface area (Å²) in [5.74, 6) is 0.737. The van der Waals surface area contributed by atoms with E-state index in [0.717, 1.165) is 24.0 Å². The lowest BCUT2D eigenvalue weighted by molar-refractivity contribution is 0.299. The molecule has 8 N–H and O–H groups in total. The summed E-state index contributed by atoms with van der Waals surface area (Å²) in [7, 11) is 0. The lowest BCUT2D eigenvalue weighted by Crippen LogP contribution is -2.40. The van der Waals surface area contributed by atoms with Crippen LogP contribution >= 0.6 is 23.2 Å². The van der Waals surface area contributed by atoms with Crippen LogP contribution < -0.4 is 22.9 Å². The highest BCUT2D eigenvalue weighted by atomic mass is 35.5. The SMILES string of the molecule is CC(C)(C)CCN(Cc1ccc(CN(CCC(C)(C)C)/C(N)=N/C(N)=Nc2ccc(Cl)cc2)cc1)/C(N)=N/C(N)=Nc1ccc(Cl)cc1. The Morgan fingerprint density at radius 3 is 1.15 bits per heavy atom. The highest BCUT2D eigenvalue weighted by molar-refractivity contribution is 6.30. The smallest absolute Gasteiger partial charge is 0.223 e. The van der Waals surface area contributed by atoms with E-state index < -0.39 is 0 Å². The molecule has 0 aromatic heterocycles. The van der Waals surface area contributed by atoms with Crippen LogP contribution in [0.15, 0.2) is 92.8 Å². The molecule has 0 fully saturated rings. The zero-order chi connectivity index (χ0) is 35.5. The van der Waals surface area contributed by atoms with Crippen molar-refractivity contribution in [2.24, 2.45) is 53.7 Å². The average Bonchev–Trinajstić information content (AvgIpc) is 2.99. The van der Waals surface area contributed by atoms with Gasteiger partial charge in [-0.2, -0.15) is 9.98 Å². The third-order valence-corrected chi connectivity index (χ3v) is 7.78. The maximum absolute atomic E-state index is 6.50. The van der Waals surface area contributed by atoms with Crippen molar-refractivity contribution in [2.45, 2.75) is 67.5 Å². The van der Waals surface area contributed by atoms with E-state index in [9.17, 15) is 0 Å². The van der Waals surface area contributed by atoms with Crippen LogP contribution in [0.25, 0.3) is 0 Å². The fourth-order valence-electron chi connectivity index (χ4n) is 4.40. The molecule has 3 aromatic rings. The van der Waals surface area contributed by atoms with Gasteiger partial charge in [0, 0.05) is 36.2 Å². The van der Waals surface area contributed by atoms with Crippen molar-refractivity contribution in [3.05, 3.63) is 94.0 Å². The van der Waals surface area contributed by atoms with E-state index in [0.29, 0.717) is 59.5 Å². The third-order valence-electron chi connectivity index (χ3n) is 7.28. The predicted octanol–water partition coefficient (Wildman–Crippen LogP) is 7.39. The van der Waals surface area contributed by atoms with Gasteiger partial charge in [0.2, 0.25) is 11.9 Å². The molecule has 0 saturated heterocycles. The van der Waals surface area contributed by atoms with Crippen molar-refractivity contribution in [1.29, 1.82) is 0 Å². The normalized spacial score (nSPS) is 13.5. The zero-order valence-corrected chi connectivity index (χ0v) is 30.4. The average molecular weight is 694 g/mol. The molecule has 0 aliphatic carbocycles. The van der Waals surface area contributed by atoms with Gasteiger partial charge in [-0.15, -0.1) is 0 Å². The summed E-state index contributed by atoms with van der Waals surface area (Å²) in [5, 5.41) is 1.24. The van der Waals surface area contributed by atoms with Crippen LogP contribution in [0.5, 0.6) is 0 Å². The first-order valence-corrected chi connectivity index (χ1v) is 16.7. The summed E-state index contributed by atoms with van der Waals surface area (Å²) < 4.78 is 0. The molecule has 0 saturated carbocycles. The van der Waals surface area contributed by atoms with Gasteiger partial charge in [0.15, 0.2) is 11.9 Å². The van der Waals surface area contributed by atoms with Crippen molar-refractivity contribution < 1.29 is 0 Å². The summed E-state index contributed by atoms with van der Waals surface area (Å²) in [6.45, 7) is 15.7. The lowest BCUT2D eigenvalue weighted by Gasteiger charge is -2.28. The van der Waals surface area contributed by atoms with Gasteiger partial charge >= 0.3 is 0 Å². The summed E-state index contributed by atoms with van der Waals surface area (Å²) in [6.07, 6.45) is 1.81. The Balaban J connectivity index is 1.79. The first kappa shape index (κ1) is 38.2. The number of halogens is 2. The quantitative estimate of drug-likeness (QED) is 0.128. The number of guanidine groups is 4. The van der Waals surface area contributed by atoms with E-state index in [-0.39, 0.29) is 22.7 Å². The Morgan fingerprint density at radius 1 is 0.542 bits per heavy atom. The Labute approximate surface area is 295 Å². The molecular weight excluding hydrogens is 643 g/mol. The van der Waals surface area contributed by atoms with Gasteiger partial charge in [0.05, 0.1) is 11.4 Å². The fraction of sp³-hybridized carbons (Fsp3) is 0.389. The second kappa shape index (κ2) is 17.2. The van der Waals surface area contributed by atoms with Crippen molar-refractivity contribution in [3.63, 3.8) is 0 Å². The molecule has 0 bridgehead atoms. The van der Waals surface area contributed by atoms with E-state index in [1.807, 2.05) is 9.80 Å². The summed E-state index contributed by atoms with van der Waals surface area (Å²) >= 11 is 12.0. The second-order valence-electron chi connectivity index (χ2n) is 14.1. The van der Waals surface area contributed by atoms with Gasteiger partial charge in [0.25, 0.3) is 0 Å². The highest BCUT2D eigenvalue weighted by Gasteiger charge is 2.18. The fourth-order valence-corrected chi connectivity index (χ4v) is 4.65. The van der Waals surface area contributed by atoms with E-state index in [1.54, 1.807) is 48.5 Å². The van der Waals surface area contributed by atoms with Crippen molar-refractivity contribution in [2.75, 3.05) is 13.1 Å². The van der Waals surface area contributed by atoms with E-state index in [4.69, 9.17) is 46.1 Å². The minimum absolute atomic E-state index is 0.0689. The van der Waals surface area contributed by atoms with Crippen LogP contribution in [-0.2, 0) is 13.1 Å². The van der Waals surface area contributed by atoms with E-state index >= 15 is 0 Å². The van der Waals surface area contributed by atoms with Gasteiger partial charge in [-0.05, 0) is 83.3 Å². The molecule has 0 unspecified atom stereocenters. The van der Waals surface area contributed by atoms with Crippen LogP contribution in [0.3, 0.4) is 0 Å². The Hall–Kier alpha value is -4.28. The Bertz CT molecular complexity index is 1460. The molecule has 0 radical (unpaired) electrons. The van der Waals surface area contributed by atoms with Crippen LogP contribution in [0, 0.1) is 10.8 Å². The van der Waals surface area contributed by atoms with E-state index in [2.05, 4.69) is 85.8 Å². The van der Waals surface area contributed by atoms with Crippen LogP contribution in [0.2, 0.25) is 10.0 Å². The molecule has 12 heteroatoms. The third kappa shape index (κ3) is 14.2. The first-order valence-electron chi connectivity index (χ1n) is 15.9. The largest absolute Gasteiger partial charge is 0.369 e. The molecule has 0 atom stereocenters. The summed E-state index contributed by atoms with van der Waals surface area (Å²) in [5.41, 5.74) is 28.9. The number of benzene rings is 3. The Morgan fingerprint density at radius 2 is 0.854 bits per heavy atom. The molecule has 258 valence electrons. The zero-order valence-electron chi connectivity index (χ0n) is 28.9. The van der Waals surface area contributed by atoms with Gasteiger partial charge < -0.3 is 32.7 Å². The molecule has 0 spiro atoms. The van der Waals surface area contributed by atoms with Crippen LogP contribution in [0.4, 0.5) is 11.4 Å². The lowest BCUT2D eigenvalue weighted by atomic mass is 9.92. The number of hydrogen-bond acceptors (Lipinski definition) is 2. The van der Waals surface area contributed by atoms with Gasteiger partial charge in [-0.25, -0.2) is 9.98 Å². The minimum Gasteiger partial charge on any atom is -0.369 e. The van der Waals surface area contributed by atoms with E-state index in [1.165, 1.54) is 0 Å². The van der Waals surface area contributed by atoms with Crippen molar-refractivity contribution in [3.8, 4) is 0 Å². The van der Waals surface area contributed by atoms with Crippen molar-refractivity contribution in [1.82, 2.24) is 9.80 Å². The highest BCUT2D eigenvalue weighted by Crippen LogP contribution is 2.22. The molecule has 10 nitrogen and oxygen atoms in total. The molecule has 0 heterocycles. The molecule has 0 aliphatic heterocycles. The van der Waals surface area contributed by atoms with Crippen LogP contribution in [-0.4, -0.2) is 46.7 Å². The number of hydrogen-bond donors (Lipinski definition) is 4. The van der Waals surface area contributed by atoms with Crippen molar-refractivity contribution >= 4 is 58.4 Å². The Kier molecular flexibility index (Phi) is 13.7. The summed E-state index contributed by atoms with van der Waals surface area (Å²) in [6, 6.07) is 22.4. The number of aliphatic imine (C=N–C) groups is 4. The maximum Gasteiger partial charge on any atom is 0.223 e. The molecule has 3 rings (SSSR count). The monoisotopic (exact) mass is 692 g/mol. The first-order chi connectivity index (χ1) is 22.5.